The first-order chi connectivity index (χ1) is 15.1. The maximum Gasteiger partial charge on any atom is 0.418 e. The Bertz CT molecular complexity index is 1010. The van der Waals surface area contributed by atoms with Gasteiger partial charge in [-0.1, -0.05) is 6.07 Å². The number of methoxy groups -OCH3 is 1. The number of anilines is 2. The fraction of sp³-hybridized carbons (Fsp3) is 0.333. The van der Waals surface area contributed by atoms with E-state index in [1.54, 1.807) is 0 Å². The molecule has 0 radical (unpaired) electrons. The third-order valence-electron chi connectivity index (χ3n) is 5.03. The first-order valence-corrected chi connectivity index (χ1v) is 9.59. The maximum absolute atomic E-state index is 14.5. The third-order valence-corrected chi connectivity index (χ3v) is 5.03. The molecule has 0 aliphatic carbocycles. The summed E-state index contributed by atoms with van der Waals surface area (Å²) >= 11 is 0. The van der Waals surface area contributed by atoms with Gasteiger partial charge in [0, 0.05) is 24.4 Å². The van der Waals surface area contributed by atoms with Crippen molar-refractivity contribution in [3.8, 4) is 5.75 Å². The van der Waals surface area contributed by atoms with Gasteiger partial charge in [0.2, 0.25) is 11.8 Å². The Morgan fingerprint density at radius 3 is 2.59 bits per heavy atom. The highest BCUT2D eigenvalue weighted by Crippen LogP contribution is 2.38. The fourth-order valence-electron chi connectivity index (χ4n) is 3.37. The second-order valence-corrected chi connectivity index (χ2v) is 7.15. The predicted molar refractivity (Wildman–Crippen MR) is 107 cm³/mol. The van der Waals surface area contributed by atoms with Gasteiger partial charge in [-0.15, -0.1) is 0 Å². The summed E-state index contributed by atoms with van der Waals surface area (Å²) in [6.07, 6.45) is -5.36. The summed E-state index contributed by atoms with van der Waals surface area (Å²) in [5.41, 5.74) is 4.18. The number of carbonyl (C=O) groups is 2. The minimum atomic E-state index is -4.65. The molecule has 0 saturated carbocycles. The molecule has 2 aromatic rings. The summed E-state index contributed by atoms with van der Waals surface area (Å²) in [4.78, 5) is 23.6. The molecule has 2 unspecified atom stereocenters. The van der Waals surface area contributed by atoms with Crippen LogP contribution in [0.1, 0.15) is 17.5 Å². The van der Waals surface area contributed by atoms with Gasteiger partial charge in [0.15, 0.2) is 0 Å². The third kappa shape index (κ3) is 5.28. The van der Waals surface area contributed by atoms with Crippen LogP contribution in [0.15, 0.2) is 36.4 Å². The summed E-state index contributed by atoms with van der Waals surface area (Å²) < 4.78 is 64.5. The number of halogens is 4. The van der Waals surface area contributed by atoms with Crippen molar-refractivity contribution in [3.05, 3.63) is 53.3 Å². The van der Waals surface area contributed by atoms with Crippen LogP contribution >= 0.6 is 0 Å². The normalized spacial score (nSPS) is 18.3. The van der Waals surface area contributed by atoms with Crippen molar-refractivity contribution in [1.82, 2.24) is 5.32 Å². The number of benzene rings is 2. The Kier molecular flexibility index (Phi) is 6.87. The second kappa shape index (κ2) is 9.43. The van der Waals surface area contributed by atoms with E-state index in [9.17, 15) is 27.2 Å². The highest BCUT2D eigenvalue weighted by molar-refractivity contribution is 5.89. The van der Waals surface area contributed by atoms with E-state index in [1.807, 2.05) is 0 Å². The smallest absolute Gasteiger partial charge is 0.418 e. The molecule has 2 aromatic carbocycles. The molecule has 3 rings (SSSR count). The summed E-state index contributed by atoms with van der Waals surface area (Å²) in [5, 5.41) is 5.08. The molecule has 0 spiro atoms. The van der Waals surface area contributed by atoms with Gasteiger partial charge in [-0.25, -0.2) is 4.39 Å². The van der Waals surface area contributed by atoms with E-state index in [-0.39, 0.29) is 35.8 Å². The van der Waals surface area contributed by atoms with E-state index in [0.717, 1.165) is 12.1 Å². The number of ether oxygens (including phenoxy) is 2. The van der Waals surface area contributed by atoms with Gasteiger partial charge < -0.3 is 25.8 Å². The summed E-state index contributed by atoms with van der Waals surface area (Å²) in [7, 11) is 1.25. The van der Waals surface area contributed by atoms with Crippen LogP contribution in [0.3, 0.4) is 0 Å². The lowest BCUT2D eigenvalue weighted by Crippen LogP contribution is -2.41. The number of amides is 2. The van der Waals surface area contributed by atoms with Crippen LogP contribution in [0.25, 0.3) is 0 Å². The zero-order valence-corrected chi connectivity index (χ0v) is 17.0. The molecule has 11 heteroatoms. The maximum atomic E-state index is 14.5. The van der Waals surface area contributed by atoms with E-state index < -0.39 is 41.4 Å². The molecule has 7 nitrogen and oxygen atoms in total. The van der Waals surface area contributed by atoms with E-state index >= 15 is 0 Å². The number of rotatable bonds is 7. The predicted octanol–water partition coefficient (Wildman–Crippen LogP) is 3.10. The van der Waals surface area contributed by atoms with Crippen LogP contribution in [-0.4, -0.2) is 31.6 Å². The SMILES string of the molecule is COc1ccc(Nc2ccc(CNC(=O)C3CCOC3C(N)=O)c(F)c2)c(C(F)(F)F)c1. The number of nitrogens with one attached hydrogen (secondary N) is 2. The molecule has 1 aliphatic rings. The van der Waals surface area contributed by atoms with Crippen LogP contribution in [-0.2, 0) is 27.0 Å². The summed E-state index contributed by atoms with van der Waals surface area (Å²) in [5.74, 6) is -2.70. The molecule has 0 bridgehead atoms. The lowest BCUT2D eigenvalue weighted by atomic mass is 10.00. The van der Waals surface area contributed by atoms with Crippen LogP contribution in [0.4, 0.5) is 28.9 Å². The first kappa shape index (κ1) is 23.3. The van der Waals surface area contributed by atoms with Crippen molar-refractivity contribution in [1.29, 1.82) is 0 Å². The minimum absolute atomic E-state index is 0.0337. The van der Waals surface area contributed by atoms with Gasteiger partial charge in [0.25, 0.3) is 0 Å². The van der Waals surface area contributed by atoms with E-state index in [0.29, 0.717) is 6.42 Å². The number of carbonyl (C=O) groups excluding carboxylic acids is 2. The molecule has 4 N–H and O–H groups in total. The molecular weight excluding hydrogens is 434 g/mol. The molecule has 1 heterocycles. The Labute approximate surface area is 180 Å². The number of nitrogens with two attached hydrogens (primary N) is 1. The van der Waals surface area contributed by atoms with Gasteiger partial charge in [0.05, 0.1) is 24.3 Å². The average molecular weight is 455 g/mol. The first-order valence-electron chi connectivity index (χ1n) is 9.59. The van der Waals surface area contributed by atoms with Crippen LogP contribution in [0.2, 0.25) is 0 Å². The largest absolute Gasteiger partial charge is 0.497 e. The Balaban J connectivity index is 1.70. The lowest BCUT2D eigenvalue weighted by Gasteiger charge is -2.17. The summed E-state index contributed by atoms with van der Waals surface area (Å²) in [6.45, 7) is 0.0367. The van der Waals surface area contributed by atoms with Crippen molar-refractivity contribution < 1.29 is 36.6 Å². The van der Waals surface area contributed by atoms with Crippen molar-refractivity contribution in [3.63, 3.8) is 0 Å². The lowest BCUT2D eigenvalue weighted by molar-refractivity contribution is -0.137. The highest BCUT2D eigenvalue weighted by Gasteiger charge is 2.38. The summed E-state index contributed by atoms with van der Waals surface area (Å²) in [6, 6.07) is 7.13. The van der Waals surface area contributed by atoms with Gasteiger partial charge in [0.1, 0.15) is 17.7 Å². The Hall–Kier alpha value is -3.34. The highest BCUT2D eigenvalue weighted by atomic mass is 19.4. The molecule has 2 atom stereocenters. The zero-order chi connectivity index (χ0) is 23.5. The molecule has 0 aromatic heterocycles. The number of alkyl halides is 3. The van der Waals surface area contributed by atoms with Gasteiger partial charge >= 0.3 is 6.18 Å². The van der Waals surface area contributed by atoms with E-state index in [2.05, 4.69) is 10.6 Å². The molecule has 172 valence electrons. The molecule has 1 aliphatic heterocycles. The van der Waals surface area contributed by atoms with E-state index in [4.69, 9.17) is 15.2 Å². The van der Waals surface area contributed by atoms with Crippen molar-refractivity contribution in [2.75, 3.05) is 19.0 Å². The Morgan fingerprint density at radius 2 is 1.97 bits per heavy atom. The van der Waals surface area contributed by atoms with E-state index in [1.165, 1.54) is 31.4 Å². The number of hydrogen-bond donors (Lipinski definition) is 3. The molecule has 32 heavy (non-hydrogen) atoms. The molecule has 2 amide bonds. The monoisotopic (exact) mass is 455 g/mol. The quantitative estimate of drug-likeness (QED) is 0.557. The van der Waals surface area contributed by atoms with Gasteiger partial charge in [-0.2, -0.15) is 13.2 Å². The average Bonchev–Trinajstić information content (AvgIpc) is 3.23. The van der Waals surface area contributed by atoms with Crippen LogP contribution in [0, 0.1) is 11.7 Å². The molecule has 1 saturated heterocycles. The van der Waals surface area contributed by atoms with Gasteiger partial charge in [-0.05, 0) is 36.8 Å². The topological polar surface area (TPSA) is 103 Å². The fourth-order valence-corrected chi connectivity index (χ4v) is 3.37. The second-order valence-electron chi connectivity index (χ2n) is 7.15. The van der Waals surface area contributed by atoms with Crippen molar-refractivity contribution >= 4 is 23.2 Å². The Morgan fingerprint density at radius 1 is 1.22 bits per heavy atom. The van der Waals surface area contributed by atoms with Crippen LogP contribution < -0.4 is 21.1 Å². The molecule has 1 fully saturated rings. The van der Waals surface area contributed by atoms with Gasteiger partial charge in [-0.3, -0.25) is 9.59 Å². The molecular formula is C21H21F4N3O4. The minimum Gasteiger partial charge on any atom is -0.497 e. The van der Waals surface area contributed by atoms with Crippen molar-refractivity contribution in [2.24, 2.45) is 11.7 Å². The number of hydrogen-bond acceptors (Lipinski definition) is 5. The van der Waals surface area contributed by atoms with Crippen LogP contribution in [0.5, 0.6) is 5.75 Å². The number of primary amides is 1. The standard InChI is InChI=1S/C21H21F4N3O4/c1-31-13-4-5-17(15(9-13)21(23,24)25)28-12-3-2-11(16(22)8-12)10-27-20(30)14-6-7-32-18(14)19(26)29/h2-5,8-9,14,18,28H,6-7,10H2,1H3,(H2,26,29)(H,27,30). The zero-order valence-electron chi connectivity index (χ0n) is 17.0. The van der Waals surface area contributed by atoms with Crippen molar-refractivity contribution in [2.45, 2.75) is 25.2 Å².